The summed E-state index contributed by atoms with van der Waals surface area (Å²) in [6.45, 7) is 10.2. The number of Topliss-reactive ketones (excluding diaryl/α,β-unsaturated/α-hetero) is 1. The van der Waals surface area contributed by atoms with Crippen molar-refractivity contribution >= 4 is 25.2 Å². The van der Waals surface area contributed by atoms with E-state index in [1.165, 1.54) is 15.6 Å². The maximum atomic E-state index is 14.4. The third-order valence-corrected chi connectivity index (χ3v) is 14.1. The van der Waals surface area contributed by atoms with E-state index in [1.807, 2.05) is 24.3 Å². The molecule has 0 bridgehead atoms. The van der Waals surface area contributed by atoms with Crippen LogP contribution in [0.5, 0.6) is 5.75 Å². The van der Waals surface area contributed by atoms with Crippen LogP contribution in [0.2, 0.25) is 4.31 Å². The van der Waals surface area contributed by atoms with Gasteiger partial charge >= 0.3 is 233 Å². The van der Waals surface area contributed by atoms with Crippen LogP contribution in [-0.2, 0) is 14.3 Å². The normalized spacial score (nSPS) is 36.3. The molecule has 4 nitrogen and oxygen atoms in total. The summed E-state index contributed by atoms with van der Waals surface area (Å²) in [7, 11) is 1.68. The van der Waals surface area contributed by atoms with Crippen molar-refractivity contribution in [3.63, 3.8) is 0 Å². The number of methoxy groups -OCH3 is 1. The van der Waals surface area contributed by atoms with Gasteiger partial charge in [-0.05, 0) is 0 Å². The van der Waals surface area contributed by atoms with Crippen molar-refractivity contribution in [1.29, 1.82) is 0 Å². The van der Waals surface area contributed by atoms with Gasteiger partial charge in [-0.15, -0.1) is 0 Å². The first-order valence-corrected chi connectivity index (χ1v) is 16.3. The number of ether oxygens (including phenoxy) is 3. The quantitative estimate of drug-likeness (QED) is 0.282. The van der Waals surface area contributed by atoms with Crippen LogP contribution in [0.4, 0.5) is 0 Å². The number of benzene rings is 2. The van der Waals surface area contributed by atoms with Gasteiger partial charge in [-0.3, -0.25) is 0 Å². The molecule has 2 saturated carbocycles. The number of hydrogen-bond donors (Lipinski definition) is 0. The molecule has 39 heavy (non-hydrogen) atoms. The van der Waals surface area contributed by atoms with Crippen molar-refractivity contribution in [1.82, 2.24) is 0 Å². The number of carbonyl (C=O) groups is 1. The maximum absolute atomic E-state index is 14.4. The molecule has 0 spiro atoms. The van der Waals surface area contributed by atoms with Crippen LogP contribution in [-0.4, -0.2) is 40.6 Å². The van der Waals surface area contributed by atoms with Gasteiger partial charge in [0, 0.05) is 0 Å². The molecule has 6 rings (SSSR count). The Bertz CT molecular complexity index is 1250. The van der Waals surface area contributed by atoms with Gasteiger partial charge in [-0.25, -0.2) is 0 Å². The standard InChI is InChI=1S/C34H42O4Se/c1-22(2)27-19-30(35)34(39-25-9-7-6-8-10-25)20-28-26-21-37-31(23-11-13-24(36-5)14-12-23)38-29(26)15-16-32(28,3)17-18-33(27,34)4/h6-14,22,27,29,31H,15-21H2,1-5H3/t27-,29+,31-,32+,33-,34?/m1/s1. The van der Waals surface area contributed by atoms with Crippen molar-refractivity contribution < 1.29 is 19.0 Å². The van der Waals surface area contributed by atoms with Gasteiger partial charge in [-0.2, -0.15) is 0 Å². The van der Waals surface area contributed by atoms with Crippen molar-refractivity contribution in [3.8, 4) is 5.75 Å². The average Bonchev–Trinajstić information content (AvgIpc) is 3.09. The molecule has 2 aromatic carbocycles. The Morgan fingerprint density at radius 2 is 1.74 bits per heavy atom. The summed E-state index contributed by atoms with van der Waals surface area (Å²) < 4.78 is 19.4. The Morgan fingerprint density at radius 3 is 2.44 bits per heavy atom. The van der Waals surface area contributed by atoms with Crippen LogP contribution in [0.25, 0.3) is 0 Å². The molecule has 0 aromatic heterocycles. The zero-order chi connectivity index (χ0) is 27.4. The van der Waals surface area contributed by atoms with Crippen molar-refractivity contribution in [2.24, 2.45) is 22.7 Å². The van der Waals surface area contributed by atoms with Crippen LogP contribution < -0.4 is 9.20 Å². The molecule has 2 aromatic rings. The molecule has 4 aliphatic rings. The van der Waals surface area contributed by atoms with E-state index in [1.54, 1.807) is 7.11 Å². The van der Waals surface area contributed by atoms with Gasteiger partial charge in [0.1, 0.15) is 0 Å². The predicted molar refractivity (Wildman–Crippen MR) is 155 cm³/mol. The molecule has 0 N–H and O–H groups in total. The third kappa shape index (κ3) is 4.45. The Balaban J connectivity index is 1.40. The van der Waals surface area contributed by atoms with E-state index in [4.69, 9.17) is 14.2 Å². The second-order valence-electron chi connectivity index (χ2n) is 13.0. The molecular formula is C34H42O4Se. The van der Waals surface area contributed by atoms with Crippen molar-refractivity contribution in [2.45, 2.75) is 82.9 Å². The van der Waals surface area contributed by atoms with E-state index >= 15 is 0 Å². The van der Waals surface area contributed by atoms with E-state index < -0.39 is 0 Å². The first-order valence-electron chi connectivity index (χ1n) is 14.6. The van der Waals surface area contributed by atoms with E-state index in [9.17, 15) is 4.79 Å². The van der Waals surface area contributed by atoms with Gasteiger partial charge in [-0.1, -0.05) is 0 Å². The van der Waals surface area contributed by atoms with E-state index in [0.29, 0.717) is 24.2 Å². The van der Waals surface area contributed by atoms with E-state index in [0.717, 1.165) is 49.8 Å². The Hall–Kier alpha value is -1.91. The molecule has 1 saturated heterocycles. The molecular weight excluding hydrogens is 551 g/mol. The first kappa shape index (κ1) is 27.3. The van der Waals surface area contributed by atoms with Gasteiger partial charge in [0.05, 0.1) is 7.11 Å². The second-order valence-corrected chi connectivity index (χ2v) is 15.8. The second kappa shape index (κ2) is 10.2. The summed E-state index contributed by atoms with van der Waals surface area (Å²) >= 11 is 0.0531. The Labute approximate surface area is 240 Å². The molecule has 3 fully saturated rings. The Morgan fingerprint density at radius 1 is 1.00 bits per heavy atom. The fraction of sp³-hybridized carbons (Fsp3) is 0.559. The third-order valence-electron chi connectivity index (χ3n) is 10.6. The summed E-state index contributed by atoms with van der Waals surface area (Å²) in [5.74, 6) is 2.26. The average molecular weight is 594 g/mol. The van der Waals surface area contributed by atoms with E-state index in [-0.39, 0.29) is 42.5 Å². The SMILES string of the molecule is COc1ccc([C@@H]2OCC3=C4CC5([Se]c6ccccc6)C(=O)C[C@H](C(C)C)[C@@]5(C)CC[C@]4(C)CC[C@@H]3O2)cc1. The number of rotatable bonds is 5. The first-order chi connectivity index (χ1) is 18.7. The summed E-state index contributed by atoms with van der Waals surface area (Å²) in [5, 5.41) is 0. The summed E-state index contributed by atoms with van der Waals surface area (Å²) in [6, 6.07) is 18.8. The number of fused-ring (bicyclic) bond motifs is 3. The van der Waals surface area contributed by atoms with Crippen molar-refractivity contribution in [2.75, 3.05) is 13.7 Å². The molecule has 3 aliphatic carbocycles. The minimum absolute atomic E-state index is 0.000487. The fourth-order valence-corrected chi connectivity index (χ4v) is 11.5. The fourth-order valence-electron chi connectivity index (χ4n) is 8.13. The zero-order valence-corrected chi connectivity index (χ0v) is 25.7. The summed E-state index contributed by atoms with van der Waals surface area (Å²) in [6.07, 6.45) is 5.64. The van der Waals surface area contributed by atoms with Gasteiger partial charge in [0.25, 0.3) is 0 Å². The topological polar surface area (TPSA) is 44.8 Å². The molecule has 0 amide bonds. The molecule has 1 unspecified atom stereocenters. The van der Waals surface area contributed by atoms with Crippen LogP contribution in [0, 0.1) is 22.7 Å². The molecule has 208 valence electrons. The molecule has 0 radical (unpaired) electrons. The minimum atomic E-state index is -0.369. The molecule has 6 atom stereocenters. The number of carbonyl (C=O) groups excluding carboxylic acids is 1. The molecule has 1 aliphatic heterocycles. The van der Waals surface area contributed by atoms with Crippen LogP contribution in [0.1, 0.15) is 78.1 Å². The van der Waals surface area contributed by atoms with Gasteiger partial charge in [0.2, 0.25) is 0 Å². The monoisotopic (exact) mass is 594 g/mol. The predicted octanol–water partition coefficient (Wildman–Crippen LogP) is 6.83. The van der Waals surface area contributed by atoms with Crippen molar-refractivity contribution in [3.05, 3.63) is 71.3 Å². The van der Waals surface area contributed by atoms with Gasteiger partial charge in [0.15, 0.2) is 0 Å². The van der Waals surface area contributed by atoms with Crippen LogP contribution in [0.3, 0.4) is 0 Å². The number of allylic oxidation sites excluding steroid dienone is 1. The Kier molecular flexibility index (Phi) is 7.11. The number of hydrogen-bond acceptors (Lipinski definition) is 4. The summed E-state index contributed by atoms with van der Waals surface area (Å²) in [5.41, 5.74) is 3.92. The van der Waals surface area contributed by atoms with Gasteiger partial charge < -0.3 is 0 Å². The molecule has 5 heteroatoms. The summed E-state index contributed by atoms with van der Waals surface area (Å²) in [4.78, 5) is 14.4. The van der Waals surface area contributed by atoms with E-state index in [2.05, 4.69) is 58.0 Å². The molecule has 1 heterocycles. The van der Waals surface area contributed by atoms with Crippen LogP contribution >= 0.6 is 0 Å². The number of ketones is 1. The van der Waals surface area contributed by atoms with Crippen LogP contribution in [0.15, 0.2) is 65.7 Å². The zero-order valence-electron chi connectivity index (χ0n) is 24.0.